The van der Waals surface area contributed by atoms with Crippen LogP contribution in [0.5, 0.6) is 0 Å². The van der Waals surface area contributed by atoms with Gasteiger partial charge in [0.1, 0.15) is 5.82 Å². The summed E-state index contributed by atoms with van der Waals surface area (Å²) in [6, 6.07) is 9.57. The summed E-state index contributed by atoms with van der Waals surface area (Å²) in [6.07, 6.45) is 2.71. The Morgan fingerprint density at radius 3 is 2.62 bits per heavy atom. The van der Waals surface area contributed by atoms with Crippen molar-refractivity contribution in [2.24, 2.45) is 0 Å². The van der Waals surface area contributed by atoms with E-state index in [0.29, 0.717) is 11.7 Å². The second-order valence-corrected chi connectivity index (χ2v) is 6.96. The molecule has 2 aromatic rings. The fraction of sp³-hybridized carbons (Fsp3) is 0.389. The van der Waals surface area contributed by atoms with Crippen molar-refractivity contribution in [2.45, 2.75) is 32.1 Å². The summed E-state index contributed by atoms with van der Waals surface area (Å²) < 4.78 is 1.06. The van der Waals surface area contributed by atoms with Crippen LogP contribution in [0, 0.1) is 0 Å². The van der Waals surface area contributed by atoms with Gasteiger partial charge in [0.2, 0.25) is 0 Å². The molecule has 1 fully saturated rings. The van der Waals surface area contributed by atoms with Crippen LogP contribution in [0.25, 0.3) is 0 Å². The first-order chi connectivity index (χ1) is 11.6. The molecule has 5 nitrogen and oxygen atoms in total. The number of nitrogens with zero attached hydrogens (tertiary/aromatic N) is 3. The maximum Gasteiger partial charge on any atom is 0.253 e. The summed E-state index contributed by atoms with van der Waals surface area (Å²) in [5.74, 6) is 0.894. The van der Waals surface area contributed by atoms with Gasteiger partial charge in [-0.3, -0.25) is 4.79 Å². The third-order valence-electron chi connectivity index (χ3n) is 4.58. The van der Waals surface area contributed by atoms with Gasteiger partial charge in [0, 0.05) is 29.0 Å². The molecule has 0 aliphatic carbocycles. The van der Waals surface area contributed by atoms with E-state index in [1.165, 1.54) is 0 Å². The molecular formula is C18H21BrN4O. The maximum absolute atomic E-state index is 12.7. The molecule has 0 unspecified atom stereocenters. The molecule has 1 aromatic heterocycles. The third kappa shape index (κ3) is 3.59. The standard InChI is InChI=1S/C18H21BrN4O/c1-2-12-11-14(3-4-15(12)19)18(24)23-9-7-13(8-10-23)16-5-6-17(20)22-21-16/h3-6,11,13H,2,7-10H2,1H3,(H2,20,22). The highest BCUT2D eigenvalue weighted by Crippen LogP contribution is 2.28. The average Bonchev–Trinajstić information content (AvgIpc) is 2.62. The molecule has 1 aliphatic heterocycles. The Bertz CT molecular complexity index is 724. The van der Waals surface area contributed by atoms with Gasteiger partial charge in [0.05, 0.1) is 5.69 Å². The van der Waals surface area contributed by atoms with Gasteiger partial charge in [-0.05, 0) is 55.2 Å². The van der Waals surface area contributed by atoms with Gasteiger partial charge in [0.15, 0.2) is 0 Å². The minimum Gasteiger partial charge on any atom is -0.382 e. The molecule has 6 heteroatoms. The zero-order valence-electron chi connectivity index (χ0n) is 13.7. The molecule has 2 heterocycles. The molecule has 24 heavy (non-hydrogen) atoms. The first-order valence-electron chi connectivity index (χ1n) is 8.25. The van der Waals surface area contributed by atoms with Crippen molar-refractivity contribution < 1.29 is 4.79 Å². The average molecular weight is 389 g/mol. The van der Waals surface area contributed by atoms with Crippen LogP contribution in [0.15, 0.2) is 34.8 Å². The van der Waals surface area contributed by atoms with E-state index >= 15 is 0 Å². The van der Waals surface area contributed by atoms with E-state index < -0.39 is 0 Å². The molecule has 1 aromatic carbocycles. The fourth-order valence-electron chi connectivity index (χ4n) is 3.11. The van der Waals surface area contributed by atoms with Crippen LogP contribution in [0.4, 0.5) is 5.82 Å². The van der Waals surface area contributed by atoms with Gasteiger partial charge in [-0.2, -0.15) is 5.10 Å². The van der Waals surface area contributed by atoms with Gasteiger partial charge in [-0.1, -0.05) is 22.9 Å². The van der Waals surface area contributed by atoms with Gasteiger partial charge in [0.25, 0.3) is 5.91 Å². The van der Waals surface area contributed by atoms with Gasteiger partial charge in [-0.15, -0.1) is 5.10 Å². The highest BCUT2D eigenvalue weighted by atomic mass is 79.9. The smallest absolute Gasteiger partial charge is 0.253 e. The summed E-state index contributed by atoms with van der Waals surface area (Å²) in [4.78, 5) is 14.7. The Labute approximate surface area is 150 Å². The molecule has 2 N–H and O–H groups in total. The Kier molecular flexibility index (Phi) is 5.14. The number of nitrogens with two attached hydrogens (primary N) is 1. The Hall–Kier alpha value is -1.95. The number of benzene rings is 1. The predicted octanol–water partition coefficient (Wildman–Crippen LogP) is 3.40. The summed E-state index contributed by atoms with van der Waals surface area (Å²) in [5, 5.41) is 8.10. The minimum atomic E-state index is 0.110. The number of halogens is 1. The quantitative estimate of drug-likeness (QED) is 0.874. The lowest BCUT2D eigenvalue weighted by atomic mass is 9.93. The molecule has 0 radical (unpaired) electrons. The normalized spacial score (nSPS) is 15.5. The highest BCUT2D eigenvalue weighted by Gasteiger charge is 2.25. The number of carbonyl (C=O) groups excluding carboxylic acids is 1. The predicted molar refractivity (Wildman–Crippen MR) is 97.8 cm³/mol. The maximum atomic E-state index is 12.7. The summed E-state index contributed by atoms with van der Waals surface area (Å²) >= 11 is 3.53. The monoisotopic (exact) mass is 388 g/mol. The number of likely N-dealkylation sites (tertiary alicyclic amines) is 1. The van der Waals surface area contributed by atoms with E-state index in [0.717, 1.165) is 53.6 Å². The van der Waals surface area contributed by atoms with E-state index in [2.05, 4.69) is 33.1 Å². The largest absolute Gasteiger partial charge is 0.382 e. The number of aromatic nitrogens is 2. The van der Waals surface area contributed by atoms with Crippen LogP contribution in [-0.4, -0.2) is 34.1 Å². The third-order valence-corrected chi connectivity index (χ3v) is 5.35. The lowest BCUT2D eigenvalue weighted by Crippen LogP contribution is -2.38. The number of anilines is 1. The second kappa shape index (κ2) is 7.30. The van der Waals surface area contributed by atoms with E-state index in [1.807, 2.05) is 29.2 Å². The number of piperidine rings is 1. The second-order valence-electron chi connectivity index (χ2n) is 6.11. The number of hydrogen-bond acceptors (Lipinski definition) is 4. The first kappa shape index (κ1) is 16.9. The van der Waals surface area contributed by atoms with Gasteiger partial charge in [-0.25, -0.2) is 0 Å². The van der Waals surface area contributed by atoms with Crippen molar-refractivity contribution in [1.82, 2.24) is 15.1 Å². The SMILES string of the molecule is CCc1cc(C(=O)N2CCC(c3ccc(N)nn3)CC2)ccc1Br. The number of carbonyl (C=O) groups is 1. The van der Waals surface area contributed by atoms with Crippen molar-refractivity contribution in [1.29, 1.82) is 0 Å². The summed E-state index contributed by atoms with van der Waals surface area (Å²) in [7, 11) is 0. The van der Waals surface area contributed by atoms with Crippen LogP contribution < -0.4 is 5.73 Å². The summed E-state index contributed by atoms with van der Waals surface area (Å²) in [5.41, 5.74) is 8.48. The van der Waals surface area contributed by atoms with Crippen molar-refractivity contribution in [2.75, 3.05) is 18.8 Å². The van der Waals surface area contributed by atoms with Crippen LogP contribution in [0.1, 0.15) is 47.3 Å². The topological polar surface area (TPSA) is 72.1 Å². The zero-order chi connectivity index (χ0) is 17.1. The molecule has 1 aliphatic rings. The first-order valence-corrected chi connectivity index (χ1v) is 9.04. The molecule has 0 saturated carbocycles. The molecule has 126 valence electrons. The fourth-order valence-corrected chi connectivity index (χ4v) is 3.64. The number of aryl methyl sites for hydroxylation is 1. The molecule has 0 bridgehead atoms. The molecule has 0 spiro atoms. The Balaban J connectivity index is 1.66. The van der Waals surface area contributed by atoms with E-state index in [9.17, 15) is 4.79 Å². The lowest BCUT2D eigenvalue weighted by molar-refractivity contribution is 0.0712. The lowest BCUT2D eigenvalue weighted by Gasteiger charge is -2.31. The van der Waals surface area contributed by atoms with Crippen molar-refractivity contribution in [3.05, 3.63) is 51.6 Å². The Morgan fingerprint density at radius 2 is 2.00 bits per heavy atom. The molecule has 1 amide bonds. The Morgan fingerprint density at radius 1 is 1.25 bits per heavy atom. The minimum absolute atomic E-state index is 0.110. The molecule has 1 saturated heterocycles. The van der Waals surface area contributed by atoms with Crippen molar-refractivity contribution >= 4 is 27.7 Å². The van der Waals surface area contributed by atoms with Crippen molar-refractivity contribution in [3.63, 3.8) is 0 Å². The van der Waals surface area contributed by atoms with Gasteiger partial charge < -0.3 is 10.6 Å². The molecule has 0 atom stereocenters. The zero-order valence-corrected chi connectivity index (χ0v) is 15.3. The number of nitrogen functional groups attached to an aromatic ring is 1. The van der Waals surface area contributed by atoms with E-state index in [1.54, 1.807) is 6.07 Å². The van der Waals surface area contributed by atoms with Gasteiger partial charge >= 0.3 is 0 Å². The van der Waals surface area contributed by atoms with E-state index in [-0.39, 0.29) is 5.91 Å². The molecular weight excluding hydrogens is 368 g/mol. The van der Waals surface area contributed by atoms with Crippen LogP contribution in [-0.2, 0) is 6.42 Å². The van der Waals surface area contributed by atoms with E-state index in [4.69, 9.17) is 5.73 Å². The number of hydrogen-bond donors (Lipinski definition) is 1. The summed E-state index contributed by atoms with van der Waals surface area (Å²) in [6.45, 7) is 3.58. The van der Waals surface area contributed by atoms with Crippen LogP contribution in [0.3, 0.4) is 0 Å². The number of rotatable bonds is 3. The van der Waals surface area contributed by atoms with Crippen molar-refractivity contribution in [3.8, 4) is 0 Å². The van der Waals surface area contributed by atoms with Crippen LogP contribution >= 0.6 is 15.9 Å². The van der Waals surface area contributed by atoms with Crippen LogP contribution in [0.2, 0.25) is 0 Å². The highest BCUT2D eigenvalue weighted by molar-refractivity contribution is 9.10. The number of amides is 1. The molecule has 3 rings (SSSR count).